The molecule has 2 aromatic carbocycles. The van der Waals surface area contributed by atoms with Crippen molar-refractivity contribution in [1.29, 1.82) is 0 Å². The monoisotopic (exact) mass is 276 g/mol. The lowest BCUT2D eigenvalue weighted by Crippen LogP contribution is -1.99. The summed E-state index contributed by atoms with van der Waals surface area (Å²) in [5.41, 5.74) is 1.56. The summed E-state index contributed by atoms with van der Waals surface area (Å²) in [7, 11) is 0. The maximum Gasteiger partial charge on any atom is 0.133 e. The smallest absolute Gasteiger partial charge is 0.133 e. The molecule has 0 amide bonds. The van der Waals surface area contributed by atoms with Gasteiger partial charge in [-0.1, -0.05) is 12.1 Å². The van der Waals surface area contributed by atoms with Crippen LogP contribution >= 0.6 is 0 Å². The van der Waals surface area contributed by atoms with Gasteiger partial charge in [-0.15, -0.1) is 0 Å². The molecule has 0 heterocycles. The molecule has 4 heteroatoms. The Morgan fingerprint density at radius 2 is 2.00 bits per heavy atom. The van der Waals surface area contributed by atoms with Crippen molar-refractivity contribution in [2.75, 3.05) is 0 Å². The van der Waals surface area contributed by atoms with Crippen LogP contribution in [-0.4, -0.2) is 10.2 Å². The first-order valence-corrected chi connectivity index (χ1v) is 6.37. The third-order valence-electron chi connectivity index (χ3n) is 3.05. The lowest BCUT2D eigenvalue weighted by molar-refractivity contribution is 0.195. The molecule has 3 nitrogen and oxygen atoms in total. The summed E-state index contributed by atoms with van der Waals surface area (Å²) in [6.07, 6.45) is -0.832. The number of hydrogen-bond donors (Lipinski definition) is 2. The summed E-state index contributed by atoms with van der Waals surface area (Å²) in [4.78, 5) is 0. The first-order chi connectivity index (χ1) is 9.51. The Hall–Kier alpha value is -1.91. The fourth-order valence-electron chi connectivity index (χ4n) is 1.92. The molecular formula is C16H17FO3. The molecule has 2 rings (SSSR count). The molecule has 0 saturated carbocycles. The van der Waals surface area contributed by atoms with Gasteiger partial charge < -0.3 is 14.9 Å². The van der Waals surface area contributed by atoms with Crippen molar-refractivity contribution >= 4 is 0 Å². The number of benzene rings is 2. The maximum atomic E-state index is 13.6. The van der Waals surface area contributed by atoms with Crippen molar-refractivity contribution in [3.05, 3.63) is 58.9 Å². The first-order valence-electron chi connectivity index (χ1n) is 6.37. The molecular weight excluding hydrogens is 259 g/mol. The van der Waals surface area contributed by atoms with E-state index in [2.05, 4.69) is 0 Å². The highest BCUT2D eigenvalue weighted by atomic mass is 19.1. The summed E-state index contributed by atoms with van der Waals surface area (Å²) in [5, 5.41) is 18.8. The molecule has 0 aliphatic carbocycles. The van der Waals surface area contributed by atoms with E-state index < -0.39 is 6.10 Å². The molecule has 0 saturated heterocycles. The van der Waals surface area contributed by atoms with Crippen molar-refractivity contribution in [3.8, 4) is 11.5 Å². The van der Waals surface area contributed by atoms with E-state index in [-0.39, 0.29) is 12.4 Å². The predicted molar refractivity (Wildman–Crippen MR) is 74.2 cm³/mol. The zero-order chi connectivity index (χ0) is 14.7. The van der Waals surface area contributed by atoms with E-state index in [1.165, 1.54) is 6.07 Å². The van der Waals surface area contributed by atoms with Crippen LogP contribution in [-0.2, 0) is 6.61 Å². The van der Waals surface area contributed by atoms with Gasteiger partial charge in [-0.3, -0.25) is 0 Å². The lowest BCUT2D eigenvalue weighted by atomic mass is 10.1. The van der Waals surface area contributed by atoms with Crippen LogP contribution in [0.4, 0.5) is 4.39 Å². The highest BCUT2D eigenvalue weighted by Gasteiger charge is 2.14. The average molecular weight is 276 g/mol. The Bertz CT molecular complexity index is 609. The third-order valence-corrected chi connectivity index (χ3v) is 3.05. The normalized spacial score (nSPS) is 12.2. The summed E-state index contributed by atoms with van der Waals surface area (Å²) in [6.45, 7) is 3.11. The largest absolute Gasteiger partial charge is 0.457 e. The fourth-order valence-corrected chi connectivity index (χ4v) is 1.92. The average Bonchev–Trinajstić information content (AvgIpc) is 2.42. The van der Waals surface area contributed by atoms with Crippen molar-refractivity contribution in [2.45, 2.75) is 26.6 Å². The van der Waals surface area contributed by atoms with Crippen LogP contribution in [0.5, 0.6) is 11.5 Å². The number of aliphatic hydroxyl groups is 2. The molecule has 106 valence electrons. The van der Waals surface area contributed by atoms with Gasteiger partial charge in [0.1, 0.15) is 17.3 Å². The highest BCUT2D eigenvalue weighted by Crippen LogP contribution is 2.32. The minimum atomic E-state index is -0.832. The second-order valence-electron chi connectivity index (χ2n) is 4.72. The standard InChI is InChI=1S/C16H17FO3/c1-10-6-16(14(11(2)19)8-15(10)17)20-13-5-3-4-12(7-13)9-18/h3-8,11,18-19H,9H2,1-2H3/t11-/m0/s1. The van der Waals surface area contributed by atoms with E-state index in [1.54, 1.807) is 44.2 Å². The van der Waals surface area contributed by atoms with E-state index in [0.29, 0.717) is 22.6 Å². The van der Waals surface area contributed by atoms with Crippen molar-refractivity contribution < 1.29 is 19.3 Å². The van der Waals surface area contributed by atoms with Crippen molar-refractivity contribution in [2.24, 2.45) is 0 Å². The molecule has 0 aliphatic heterocycles. The Kier molecular flexibility index (Phi) is 4.37. The summed E-state index contributed by atoms with van der Waals surface area (Å²) in [6, 6.07) is 9.82. The summed E-state index contributed by atoms with van der Waals surface area (Å²) < 4.78 is 19.3. The molecule has 2 N–H and O–H groups in total. The van der Waals surface area contributed by atoms with Crippen LogP contribution in [0.1, 0.15) is 29.7 Å². The minimum absolute atomic E-state index is 0.0805. The highest BCUT2D eigenvalue weighted by molar-refractivity contribution is 5.42. The van der Waals surface area contributed by atoms with Crippen LogP contribution in [0, 0.1) is 12.7 Å². The van der Waals surface area contributed by atoms with Gasteiger partial charge in [0.2, 0.25) is 0 Å². The van der Waals surface area contributed by atoms with E-state index >= 15 is 0 Å². The van der Waals surface area contributed by atoms with Gasteiger partial charge >= 0.3 is 0 Å². The Balaban J connectivity index is 2.39. The van der Waals surface area contributed by atoms with Crippen LogP contribution in [0.2, 0.25) is 0 Å². The van der Waals surface area contributed by atoms with Gasteiger partial charge in [0.15, 0.2) is 0 Å². The lowest BCUT2D eigenvalue weighted by Gasteiger charge is -2.15. The van der Waals surface area contributed by atoms with Crippen LogP contribution in [0.3, 0.4) is 0 Å². The van der Waals surface area contributed by atoms with Crippen LogP contribution in [0.25, 0.3) is 0 Å². The number of rotatable bonds is 4. The van der Waals surface area contributed by atoms with E-state index in [1.807, 2.05) is 0 Å². The second-order valence-corrected chi connectivity index (χ2v) is 4.72. The molecule has 2 aromatic rings. The molecule has 0 aliphatic rings. The van der Waals surface area contributed by atoms with Gasteiger partial charge in [-0.05, 0) is 49.2 Å². The quantitative estimate of drug-likeness (QED) is 0.899. The number of aryl methyl sites for hydroxylation is 1. The third kappa shape index (κ3) is 3.15. The van der Waals surface area contributed by atoms with Crippen molar-refractivity contribution in [3.63, 3.8) is 0 Å². The zero-order valence-corrected chi connectivity index (χ0v) is 11.4. The van der Waals surface area contributed by atoms with Crippen LogP contribution in [0.15, 0.2) is 36.4 Å². The predicted octanol–water partition coefficient (Wildman–Crippen LogP) is 3.47. The SMILES string of the molecule is Cc1cc(Oc2cccc(CO)c2)c([C@H](C)O)cc1F. The molecule has 20 heavy (non-hydrogen) atoms. The molecule has 0 radical (unpaired) electrons. The minimum Gasteiger partial charge on any atom is -0.457 e. The maximum absolute atomic E-state index is 13.6. The fraction of sp³-hybridized carbons (Fsp3) is 0.250. The summed E-state index contributed by atoms with van der Waals surface area (Å²) in [5.74, 6) is 0.566. The van der Waals surface area contributed by atoms with E-state index in [4.69, 9.17) is 9.84 Å². The topological polar surface area (TPSA) is 49.7 Å². The van der Waals surface area contributed by atoms with Crippen molar-refractivity contribution in [1.82, 2.24) is 0 Å². The number of ether oxygens (including phenoxy) is 1. The van der Waals surface area contributed by atoms with Gasteiger partial charge in [0, 0.05) is 5.56 Å². The molecule has 0 unspecified atom stereocenters. The number of halogens is 1. The van der Waals surface area contributed by atoms with Crippen LogP contribution < -0.4 is 4.74 Å². The van der Waals surface area contributed by atoms with E-state index in [9.17, 15) is 9.50 Å². The molecule has 0 aromatic heterocycles. The molecule has 0 fully saturated rings. The van der Waals surface area contributed by atoms with Gasteiger partial charge in [-0.25, -0.2) is 4.39 Å². The van der Waals surface area contributed by atoms with E-state index in [0.717, 1.165) is 5.56 Å². The van der Waals surface area contributed by atoms with Gasteiger partial charge in [-0.2, -0.15) is 0 Å². The number of hydrogen-bond acceptors (Lipinski definition) is 3. The Morgan fingerprint density at radius 3 is 2.65 bits per heavy atom. The molecule has 0 bridgehead atoms. The summed E-state index contributed by atoms with van der Waals surface area (Å²) >= 11 is 0. The second kappa shape index (κ2) is 6.03. The van der Waals surface area contributed by atoms with Gasteiger partial charge in [0.25, 0.3) is 0 Å². The first kappa shape index (κ1) is 14.5. The Morgan fingerprint density at radius 1 is 1.25 bits per heavy atom. The number of aliphatic hydroxyl groups excluding tert-OH is 2. The molecule has 1 atom stereocenters. The van der Waals surface area contributed by atoms with Gasteiger partial charge in [0.05, 0.1) is 12.7 Å². The molecule has 0 spiro atoms. The Labute approximate surface area is 117 Å². The zero-order valence-electron chi connectivity index (χ0n) is 11.4.